The number of sulfonamides is 1. The molecule has 0 radical (unpaired) electrons. The molecular weight excluding hydrogens is 358 g/mol. The highest BCUT2D eigenvalue weighted by Gasteiger charge is 2.31. The minimum atomic E-state index is -3.49. The minimum absolute atomic E-state index is 0.0657. The molecule has 6 heteroatoms. The van der Waals surface area contributed by atoms with Gasteiger partial charge in [-0.15, -0.1) is 0 Å². The lowest BCUT2D eigenvalue weighted by Crippen LogP contribution is -2.46. The lowest BCUT2D eigenvalue weighted by molar-refractivity contribution is 0.260. The van der Waals surface area contributed by atoms with E-state index in [9.17, 15) is 8.42 Å². The minimum Gasteiger partial charge on any atom is -0.317 e. The van der Waals surface area contributed by atoms with Crippen molar-refractivity contribution in [1.29, 1.82) is 0 Å². The SMILES string of the molecule is CCc1ccc(S(=O)(=O)N(CCCc2cccnc2)C2CCNCC2)cc1. The van der Waals surface area contributed by atoms with Crippen molar-refractivity contribution in [1.82, 2.24) is 14.6 Å². The maximum Gasteiger partial charge on any atom is 0.243 e. The fourth-order valence-corrected chi connectivity index (χ4v) is 5.33. The Balaban J connectivity index is 1.77. The molecule has 3 rings (SSSR count). The number of aryl methyl sites for hydroxylation is 2. The van der Waals surface area contributed by atoms with E-state index in [4.69, 9.17) is 0 Å². The van der Waals surface area contributed by atoms with E-state index in [1.54, 1.807) is 22.6 Å². The van der Waals surface area contributed by atoms with Gasteiger partial charge in [0.2, 0.25) is 10.0 Å². The van der Waals surface area contributed by atoms with Gasteiger partial charge in [-0.05, 0) is 74.5 Å². The summed E-state index contributed by atoms with van der Waals surface area (Å²) in [4.78, 5) is 4.55. The highest BCUT2D eigenvalue weighted by Crippen LogP contribution is 2.24. The molecule has 1 aromatic carbocycles. The van der Waals surface area contributed by atoms with Crippen LogP contribution in [0.4, 0.5) is 0 Å². The van der Waals surface area contributed by atoms with E-state index < -0.39 is 10.0 Å². The van der Waals surface area contributed by atoms with Gasteiger partial charge < -0.3 is 5.32 Å². The third kappa shape index (κ3) is 5.15. The number of aromatic nitrogens is 1. The van der Waals surface area contributed by atoms with Gasteiger partial charge in [0, 0.05) is 25.0 Å². The van der Waals surface area contributed by atoms with Crippen LogP contribution in [-0.2, 0) is 22.9 Å². The number of benzene rings is 1. The van der Waals surface area contributed by atoms with Crippen LogP contribution >= 0.6 is 0 Å². The van der Waals surface area contributed by atoms with E-state index in [1.165, 1.54) is 0 Å². The van der Waals surface area contributed by atoms with Crippen LogP contribution in [0, 0.1) is 0 Å². The molecule has 2 aromatic rings. The van der Waals surface area contributed by atoms with Gasteiger partial charge in [0.25, 0.3) is 0 Å². The lowest BCUT2D eigenvalue weighted by Gasteiger charge is -2.34. The topological polar surface area (TPSA) is 62.3 Å². The first-order chi connectivity index (χ1) is 13.1. The van der Waals surface area contributed by atoms with Gasteiger partial charge >= 0.3 is 0 Å². The number of hydrogen-bond acceptors (Lipinski definition) is 4. The highest BCUT2D eigenvalue weighted by atomic mass is 32.2. The zero-order valence-electron chi connectivity index (χ0n) is 16.0. The van der Waals surface area contributed by atoms with Crippen molar-refractivity contribution in [2.45, 2.75) is 50.0 Å². The third-order valence-electron chi connectivity index (χ3n) is 5.22. The number of nitrogens with one attached hydrogen (secondary N) is 1. The summed E-state index contributed by atoms with van der Waals surface area (Å²) in [5.74, 6) is 0. The van der Waals surface area contributed by atoms with Gasteiger partial charge in [0.1, 0.15) is 0 Å². The Bertz CT molecular complexity index is 801. The van der Waals surface area contributed by atoms with Gasteiger partial charge in [0.15, 0.2) is 0 Å². The molecule has 2 heterocycles. The number of pyridine rings is 1. The van der Waals surface area contributed by atoms with Crippen LogP contribution < -0.4 is 5.32 Å². The van der Waals surface area contributed by atoms with E-state index in [-0.39, 0.29) is 6.04 Å². The average molecular weight is 388 g/mol. The van der Waals surface area contributed by atoms with Gasteiger partial charge in [-0.2, -0.15) is 4.31 Å². The largest absolute Gasteiger partial charge is 0.317 e. The number of nitrogens with zero attached hydrogens (tertiary/aromatic N) is 2. The predicted octanol–water partition coefficient (Wildman–Crippen LogP) is 3.02. The van der Waals surface area contributed by atoms with E-state index in [0.717, 1.165) is 56.3 Å². The van der Waals surface area contributed by atoms with Gasteiger partial charge in [0.05, 0.1) is 4.90 Å². The molecule has 0 spiro atoms. The zero-order chi connectivity index (χ0) is 19.1. The Morgan fingerprint density at radius 1 is 1.11 bits per heavy atom. The summed E-state index contributed by atoms with van der Waals surface area (Å²) < 4.78 is 28.5. The van der Waals surface area contributed by atoms with Crippen LogP contribution in [0.5, 0.6) is 0 Å². The second kappa shape index (κ2) is 9.44. The summed E-state index contributed by atoms with van der Waals surface area (Å²) in [5.41, 5.74) is 2.30. The molecule has 1 aromatic heterocycles. The van der Waals surface area contributed by atoms with Crippen LogP contribution in [0.3, 0.4) is 0 Å². The van der Waals surface area contributed by atoms with E-state index >= 15 is 0 Å². The average Bonchev–Trinajstić information content (AvgIpc) is 2.72. The Labute approximate surface area is 162 Å². The molecule has 5 nitrogen and oxygen atoms in total. The quantitative estimate of drug-likeness (QED) is 0.756. The third-order valence-corrected chi connectivity index (χ3v) is 7.19. The molecular formula is C21H29N3O2S. The van der Waals surface area contributed by atoms with Gasteiger partial charge in [-0.1, -0.05) is 25.1 Å². The molecule has 0 unspecified atom stereocenters. The molecule has 1 aliphatic heterocycles. The summed E-state index contributed by atoms with van der Waals surface area (Å²) >= 11 is 0. The van der Waals surface area contributed by atoms with Crippen LogP contribution in [-0.4, -0.2) is 43.4 Å². The molecule has 0 aliphatic carbocycles. The molecule has 0 atom stereocenters. The molecule has 1 saturated heterocycles. The first-order valence-corrected chi connectivity index (χ1v) is 11.3. The Hall–Kier alpha value is -1.76. The molecule has 0 saturated carbocycles. The van der Waals surface area contributed by atoms with Crippen LogP contribution in [0.25, 0.3) is 0 Å². The molecule has 1 N–H and O–H groups in total. The van der Waals surface area contributed by atoms with Crippen LogP contribution in [0.1, 0.15) is 37.3 Å². The molecule has 1 aliphatic rings. The predicted molar refractivity (Wildman–Crippen MR) is 108 cm³/mol. The second-order valence-electron chi connectivity index (χ2n) is 7.06. The number of piperidine rings is 1. The van der Waals surface area contributed by atoms with Crippen molar-refractivity contribution >= 4 is 10.0 Å². The summed E-state index contributed by atoms with van der Waals surface area (Å²) in [6.07, 6.45) is 7.87. The molecule has 0 amide bonds. The lowest BCUT2D eigenvalue weighted by atomic mass is 10.1. The highest BCUT2D eigenvalue weighted by molar-refractivity contribution is 7.89. The van der Waals surface area contributed by atoms with Crippen molar-refractivity contribution in [2.75, 3.05) is 19.6 Å². The summed E-state index contributed by atoms with van der Waals surface area (Å²) in [6.45, 7) is 4.35. The number of hydrogen-bond donors (Lipinski definition) is 1. The van der Waals surface area contributed by atoms with Crippen molar-refractivity contribution < 1.29 is 8.42 Å². The van der Waals surface area contributed by atoms with Crippen molar-refractivity contribution in [3.63, 3.8) is 0 Å². The second-order valence-corrected chi connectivity index (χ2v) is 8.95. The Kier molecular flexibility index (Phi) is 6.99. The standard InChI is InChI=1S/C21H29N3O2S/c1-2-18-7-9-21(10-8-18)27(25,26)24(20-11-14-22-15-12-20)16-4-6-19-5-3-13-23-17-19/h3,5,7-10,13,17,20,22H,2,4,6,11-12,14-16H2,1H3. The van der Waals surface area contributed by atoms with Gasteiger partial charge in [-0.25, -0.2) is 8.42 Å². The van der Waals surface area contributed by atoms with Crippen LogP contribution in [0.2, 0.25) is 0 Å². The van der Waals surface area contributed by atoms with Crippen LogP contribution in [0.15, 0.2) is 53.7 Å². The van der Waals surface area contributed by atoms with E-state index in [0.29, 0.717) is 11.4 Å². The fraction of sp³-hybridized carbons (Fsp3) is 0.476. The van der Waals surface area contributed by atoms with Crippen molar-refractivity contribution in [3.05, 3.63) is 59.9 Å². The molecule has 27 heavy (non-hydrogen) atoms. The maximum absolute atomic E-state index is 13.4. The van der Waals surface area contributed by atoms with Crippen molar-refractivity contribution in [3.8, 4) is 0 Å². The summed E-state index contributed by atoms with van der Waals surface area (Å²) in [6, 6.07) is 11.4. The Morgan fingerprint density at radius 2 is 1.85 bits per heavy atom. The smallest absolute Gasteiger partial charge is 0.243 e. The molecule has 1 fully saturated rings. The van der Waals surface area contributed by atoms with Crippen molar-refractivity contribution in [2.24, 2.45) is 0 Å². The number of rotatable bonds is 8. The molecule has 146 valence electrons. The van der Waals surface area contributed by atoms with E-state index in [1.807, 2.05) is 30.5 Å². The zero-order valence-corrected chi connectivity index (χ0v) is 16.8. The summed E-state index contributed by atoms with van der Waals surface area (Å²) in [7, 11) is -3.49. The van der Waals surface area contributed by atoms with E-state index in [2.05, 4.69) is 17.2 Å². The first-order valence-electron chi connectivity index (χ1n) is 9.81. The molecule has 0 bridgehead atoms. The van der Waals surface area contributed by atoms with Gasteiger partial charge in [-0.3, -0.25) is 4.98 Å². The first kappa shape index (κ1) is 20.0. The summed E-state index contributed by atoms with van der Waals surface area (Å²) in [5, 5.41) is 3.33. The fourth-order valence-electron chi connectivity index (χ4n) is 3.61. The monoisotopic (exact) mass is 387 g/mol. The Morgan fingerprint density at radius 3 is 2.48 bits per heavy atom. The normalized spacial score (nSPS) is 15.9. The maximum atomic E-state index is 13.4.